The molecule has 5 nitrogen and oxygen atoms in total. The smallest absolute Gasteiger partial charge is 0.272 e. The lowest BCUT2D eigenvalue weighted by Crippen LogP contribution is -2.50. The van der Waals surface area contributed by atoms with Gasteiger partial charge in [0.15, 0.2) is 0 Å². The summed E-state index contributed by atoms with van der Waals surface area (Å²) in [6.45, 7) is -0.00195. The summed E-state index contributed by atoms with van der Waals surface area (Å²) in [4.78, 5) is 40.1. The van der Waals surface area contributed by atoms with E-state index in [4.69, 9.17) is 34.8 Å². The van der Waals surface area contributed by atoms with Crippen molar-refractivity contribution in [3.05, 3.63) is 80.8 Å². The number of hydrogen-bond donors (Lipinski definition) is 0. The standard InChI is InChI=1S/C23H17Cl3N2O3/c24-16-6-4-13(5-7-16)21(29)27(11-12-1-8-17(25)18(26)9-12)28-22(30)19-14-2-3-15(10-14)20(19)23(28)31/h1-9,14-15,19-20H,10-11H2/t14-,15-,19+,20+/m0/s1. The van der Waals surface area contributed by atoms with E-state index in [9.17, 15) is 14.4 Å². The number of hydrazine groups is 1. The molecule has 2 aromatic rings. The topological polar surface area (TPSA) is 57.7 Å². The van der Waals surface area contributed by atoms with Crippen LogP contribution in [0.15, 0.2) is 54.6 Å². The minimum atomic E-state index is -0.468. The molecule has 0 radical (unpaired) electrons. The van der Waals surface area contributed by atoms with Gasteiger partial charge in [-0.1, -0.05) is 53.0 Å². The zero-order valence-corrected chi connectivity index (χ0v) is 18.4. The van der Waals surface area contributed by atoms with E-state index in [1.165, 1.54) is 5.01 Å². The number of allylic oxidation sites excluding steroid dienone is 2. The van der Waals surface area contributed by atoms with Gasteiger partial charge in [-0.3, -0.25) is 14.4 Å². The molecule has 3 aliphatic rings. The predicted octanol–water partition coefficient (Wildman–Crippen LogP) is 5.01. The van der Waals surface area contributed by atoms with Crippen LogP contribution in [0, 0.1) is 23.7 Å². The van der Waals surface area contributed by atoms with Crippen molar-refractivity contribution in [1.82, 2.24) is 10.0 Å². The van der Waals surface area contributed by atoms with Crippen molar-refractivity contribution in [3.63, 3.8) is 0 Å². The molecule has 5 rings (SSSR count). The number of nitrogens with zero attached hydrogens (tertiary/aromatic N) is 2. The van der Waals surface area contributed by atoms with Gasteiger partial charge in [-0.05, 0) is 60.2 Å². The number of fused-ring (bicyclic) bond motifs is 5. The summed E-state index contributed by atoms with van der Waals surface area (Å²) in [6, 6.07) is 11.3. The van der Waals surface area contributed by atoms with Crippen LogP contribution in [0.1, 0.15) is 22.3 Å². The summed E-state index contributed by atoms with van der Waals surface area (Å²) in [5.74, 6) is -1.83. The largest absolute Gasteiger partial charge is 0.273 e. The van der Waals surface area contributed by atoms with Crippen LogP contribution in [0.2, 0.25) is 15.1 Å². The molecule has 0 unspecified atom stereocenters. The molecule has 0 aromatic heterocycles. The van der Waals surface area contributed by atoms with Crippen LogP contribution in [-0.2, 0) is 16.1 Å². The van der Waals surface area contributed by atoms with Gasteiger partial charge in [0.25, 0.3) is 17.7 Å². The average molecular weight is 476 g/mol. The molecule has 0 N–H and O–H groups in total. The Morgan fingerprint density at radius 3 is 2.10 bits per heavy atom. The van der Waals surface area contributed by atoms with Crippen LogP contribution in [0.25, 0.3) is 0 Å². The Morgan fingerprint density at radius 1 is 0.903 bits per heavy atom. The molecule has 158 valence electrons. The quantitative estimate of drug-likeness (QED) is 0.461. The highest BCUT2D eigenvalue weighted by Crippen LogP contribution is 2.53. The van der Waals surface area contributed by atoms with E-state index in [0.717, 1.165) is 11.4 Å². The first kappa shape index (κ1) is 20.6. The van der Waals surface area contributed by atoms with E-state index in [-0.39, 0.29) is 30.2 Å². The molecule has 0 spiro atoms. The minimum absolute atomic E-state index is 0.00195. The maximum absolute atomic E-state index is 13.5. The summed E-state index contributed by atoms with van der Waals surface area (Å²) in [5, 5.41) is 3.45. The third-order valence-electron chi connectivity index (χ3n) is 6.33. The molecule has 2 fully saturated rings. The number of rotatable bonds is 4. The van der Waals surface area contributed by atoms with Crippen molar-refractivity contribution in [2.24, 2.45) is 23.7 Å². The lowest BCUT2D eigenvalue weighted by Gasteiger charge is -2.31. The first-order chi connectivity index (χ1) is 14.8. The van der Waals surface area contributed by atoms with Gasteiger partial charge >= 0.3 is 0 Å². The van der Waals surface area contributed by atoms with Crippen molar-refractivity contribution >= 4 is 52.5 Å². The summed E-state index contributed by atoms with van der Waals surface area (Å²) < 4.78 is 0. The van der Waals surface area contributed by atoms with Crippen LogP contribution in [0.3, 0.4) is 0 Å². The number of hydrogen-bond acceptors (Lipinski definition) is 3. The van der Waals surface area contributed by atoms with Gasteiger partial charge in [0, 0.05) is 10.6 Å². The van der Waals surface area contributed by atoms with E-state index in [1.54, 1.807) is 42.5 Å². The highest BCUT2D eigenvalue weighted by Gasteiger charge is 2.61. The molecule has 3 amide bonds. The molecule has 1 saturated carbocycles. The summed E-state index contributed by atoms with van der Waals surface area (Å²) >= 11 is 18.1. The second kappa shape index (κ2) is 7.66. The monoisotopic (exact) mass is 474 g/mol. The Hall–Kier alpha value is -2.34. The normalized spacial score (nSPS) is 26.0. The maximum Gasteiger partial charge on any atom is 0.273 e. The average Bonchev–Trinajstić information content (AvgIpc) is 3.43. The SMILES string of the molecule is O=C(c1ccc(Cl)cc1)N(Cc1ccc(Cl)c(Cl)c1)N1C(=O)[C@H]2[C@H](C1=O)[C@H]1C=C[C@H]2C1. The first-order valence-electron chi connectivity index (χ1n) is 9.92. The fraction of sp³-hybridized carbons (Fsp3) is 0.261. The lowest BCUT2D eigenvalue weighted by atomic mass is 9.85. The number of carbonyl (C=O) groups is 3. The van der Waals surface area contributed by atoms with Gasteiger partial charge < -0.3 is 0 Å². The molecule has 8 heteroatoms. The van der Waals surface area contributed by atoms with Crippen LogP contribution < -0.4 is 0 Å². The molecule has 1 aliphatic heterocycles. The predicted molar refractivity (Wildman–Crippen MR) is 117 cm³/mol. The molecule has 1 saturated heterocycles. The Labute approximate surface area is 194 Å². The van der Waals surface area contributed by atoms with Crippen LogP contribution in [0.5, 0.6) is 0 Å². The Balaban J connectivity index is 1.53. The molecule has 2 bridgehead atoms. The van der Waals surface area contributed by atoms with Crippen molar-refractivity contribution in [2.75, 3.05) is 0 Å². The Bertz CT molecular complexity index is 1100. The highest BCUT2D eigenvalue weighted by atomic mass is 35.5. The van der Waals surface area contributed by atoms with Crippen molar-refractivity contribution in [3.8, 4) is 0 Å². The fourth-order valence-electron chi connectivity index (χ4n) is 4.91. The molecular formula is C23H17Cl3N2O3. The van der Waals surface area contributed by atoms with Crippen molar-refractivity contribution < 1.29 is 14.4 Å². The number of amides is 3. The van der Waals surface area contributed by atoms with Gasteiger partial charge in [0.05, 0.1) is 28.4 Å². The van der Waals surface area contributed by atoms with Gasteiger partial charge in [0.1, 0.15) is 0 Å². The van der Waals surface area contributed by atoms with Gasteiger partial charge in [-0.2, -0.15) is 5.01 Å². The minimum Gasteiger partial charge on any atom is -0.272 e. The maximum atomic E-state index is 13.5. The molecule has 2 aromatic carbocycles. The third kappa shape index (κ3) is 3.36. The zero-order valence-electron chi connectivity index (χ0n) is 16.2. The number of halogens is 3. The zero-order chi connectivity index (χ0) is 21.9. The number of benzene rings is 2. The van der Waals surface area contributed by atoms with Gasteiger partial charge in [-0.15, -0.1) is 0 Å². The molecule has 1 heterocycles. The van der Waals surface area contributed by atoms with Crippen molar-refractivity contribution in [2.45, 2.75) is 13.0 Å². The van der Waals surface area contributed by atoms with Crippen LogP contribution in [0.4, 0.5) is 0 Å². The van der Waals surface area contributed by atoms with E-state index >= 15 is 0 Å². The molecular weight excluding hydrogens is 459 g/mol. The summed E-state index contributed by atoms with van der Waals surface area (Å²) in [5.41, 5.74) is 0.971. The second-order valence-corrected chi connectivity index (χ2v) is 9.36. The Morgan fingerprint density at radius 2 is 1.52 bits per heavy atom. The molecule has 2 aliphatic carbocycles. The van der Waals surface area contributed by atoms with E-state index in [1.807, 2.05) is 12.2 Å². The van der Waals surface area contributed by atoms with E-state index < -0.39 is 17.7 Å². The molecule has 4 atom stereocenters. The lowest BCUT2D eigenvalue weighted by molar-refractivity contribution is -0.156. The summed E-state index contributed by atoms with van der Waals surface area (Å²) in [7, 11) is 0. The highest BCUT2D eigenvalue weighted by molar-refractivity contribution is 6.42. The summed E-state index contributed by atoms with van der Waals surface area (Å²) in [6.07, 6.45) is 4.86. The number of imide groups is 1. The Kier molecular flexibility index (Phi) is 5.08. The van der Waals surface area contributed by atoms with E-state index in [2.05, 4.69) is 0 Å². The van der Waals surface area contributed by atoms with E-state index in [0.29, 0.717) is 26.2 Å². The van der Waals surface area contributed by atoms with Gasteiger partial charge in [-0.25, -0.2) is 5.01 Å². The molecule has 31 heavy (non-hydrogen) atoms. The fourth-order valence-corrected chi connectivity index (χ4v) is 5.36. The first-order valence-corrected chi connectivity index (χ1v) is 11.1. The third-order valence-corrected chi connectivity index (χ3v) is 7.32. The second-order valence-electron chi connectivity index (χ2n) is 8.11. The van der Waals surface area contributed by atoms with Crippen LogP contribution in [-0.4, -0.2) is 27.7 Å². The van der Waals surface area contributed by atoms with Crippen molar-refractivity contribution in [1.29, 1.82) is 0 Å². The van der Waals surface area contributed by atoms with Gasteiger partial charge in [0.2, 0.25) is 0 Å². The number of carbonyl (C=O) groups excluding carboxylic acids is 3. The van der Waals surface area contributed by atoms with Crippen LogP contribution >= 0.6 is 34.8 Å².